The maximum Gasteiger partial charge on any atom is 0.184 e. The van der Waals surface area contributed by atoms with Crippen LogP contribution in [-0.4, -0.2) is 29.8 Å². The van der Waals surface area contributed by atoms with Crippen molar-refractivity contribution in [2.45, 2.75) is 90.6 Å². The second-order valence-electron chi connectivity index (χ2n) is 10.1. The van der Waals surface area contributed by atoms with Crippen molar-refractivity contribution in [3.63, 3.8) is 0 Å². The molecule has 2 aliphatic rings. The van der Waals surface area contributed by atoms with E-state index in [1.54, 1.807) is 11.1 Å². The highest BCUT2D eigenvalue weighted by Gasteiger charge is 2.31. The molecule has 2 atom stereocenters. The highest BCUT2D eigenvalue weighted by molar-refractivity contribution is 6.70. The van der Waals surface area contributed by atoms with Gasteiger partial charge in [-0.3, -0.25) is 0 Å². The van der Waals surface area contributed by atoms with E-state index in [0.29, 0.717) is 0 Å². The number of hydrogen-bond donors (Lipinski definition) is 0. The van der Waals surface area contributed by atoms with Gasteiger partial charge < -0.3 is 8.85 Å². The summed E-state index contributed by atoms with van der Waals surface area (Å²) in [6.07, 6.45) is 15.7. The van der Waals surface area contributed by atoms with E-state index in [0.717, 1.165) is 25.0 Å². The second kappa shape index (κ2) is 9.86. The Kier molecular flexibility index (Phi) is 8.39. The predicted octanol–water partition coefficient (Wildman–Crippen LogP) is 6.92. The fourth-order valence-corrected chi connectivity index (χ4v) is 5.52. The molecule has 2 unspecified atom stereocenters. The first kappa shape index (κ1) is 22.1. The zero-order chi connectivity index (χ0) is 19.2. The topological polar surface area (TPSA) is 18.5 Å². The fraction of sp³-hybridized carbons (Fsp3) is 0.818. The third-order valence-electron chi connectivity index (χ3n) is 5.62. The van der Waals surface area contributed by atoms with Crippen molar-refractivity contribution in [3.8, 4) is 0 Å². The van der Waals surface area contributed by atoms with Gasteiger partial charge in [-0.05, 0) is 89.6 Å². The largest absolute Gasteiger partial charge is 0.414 e. The minimum atomic E-state index is -1.42. The van der Waals surface area contributed by atoms with Crippen LogP contribution in [-0.2, 0) is 8.85 Å². The second-order valence-corrected chi connectivity index (χ2v) is 19.1. The first-order valence-corrected chi connectivity index (χ1v) is 17.6. The highest BCUT2D eigenvalue weighted by atomic mass is 28.4. The van der Waals surface area contributed by atoms with Crippen molar-refractivity contribution in [2.75, 3.05) is 13.2 Å². The summed E-state index contributed by atoms with van der Waals surface area (Å²) in [6.45, 7) is 15.3. The quantitative estimate of drug-likeness (QED) is 0.344. The average molecular weight is 395 g/mol. The van der Waals surface area contributed by atoms with Crippen LogP contribution < -0.4 is 0 Å². The lowest BCUT2D eigenvalue weighted by molar-refractivity contribution is 0.291. The molecule has 150 valence electrons. The smallest absolute Gasteiger partial charge is 0.184 e. The number of allylic oxidation sites excluding steroid dienone is 2. The molecule has 2 fully saturated rings. The van der Waals surface area contributed by atoms with Crippen LogP contribution in [0.3, 0.4) is 0 Å². The van der Waals surface area contributed by atoms with E-state index in [1.807, 2.05) is 0 Å². The summed E-state index contributed by atoms with van der Waals surface area (Å²) in [5, 5.41) is 0. The maximum atomic E-state index is 6.13. The molecule has 2 rings (SSSR count). The first-order valence-electron chi connectivity index (χ1n) is 10.8. The molecule has 0 spiro atoms. The van der Waals surface area contributed by atoms with Gasteiger partial charge >= 0.3 is 0 Å². The van der Waals surface area contributed by atoms with Gasteiger partial charge in [0.1, 0.15) is 0 Å². The molecule has 0 heterocycles. The van der Waals surface area contributed by atoms with E-state index in [-0.39, 0.29) is 0 Å². The molecule has 0 aromatic heterocycles. The Hall–Kier alpha value is -0.166. The molecule has 0 aromatic carbocycles. The molecule has 0 amide bonds. The Balaban J connectivity index is 2.07. The molecule has 2 aliphatic carbocycles. The fourth-order valence-electron chi connectivity index (χ4n) is 4.35. The van der Waals surface area contributed by atoms with Crippen LogP contribution in [0, 0.1) is 11.8 Å². The minimum absolute atomic E-state index is 0.757. The zero-order valence-electron chi connectivity index (χ0n) is 18.2. The zero-order valence-corrected chi connectivity index (χ0v) is 20.2. The SMILES string of the molecule is C[Si](C)(C)OC/C=C1\CCCCC1C1CCCC/C1=C\CO[Si](C)(C)C. The first-order chi connectivity index (χ1) is 12.2. The van der Waals surface area contributed by atoms with Gasteiger partial charge in [-0.1, -0.05) is 36.1 Å². The van der Waals surface area contributed by atoms with Crippen molar-refractivity contribution >= 4 is 16.6 Å². The normalized spacial score (nSPS) is 28.7. The lowest BCUT2D eigenvalue weighted by atomic mass is 9.68. The van der Waals surface area contributed by atoms with Crippen LogP contribution in [0.2, 0.25) is 39.3 Å². The van der Waals surface area contributed by atoms with E-state index in [2.05, 4.69) is 51.4 Å². The van der Waals surface area contributed by atoms with Gasteiger partial charge in [-0.25, -0.2) is 0 Å². The van der Waals surface area contributed by atoms with Crippen molar-refractivity contribution in [2.24, 2.45) is 11.8 Å². The summed E-state index contributed by atoms with van der Waals surface area (Å²) in [4.78, 5) is 0. The Morgan fingerprint density at radius 2 is 1.08 bits per heavy atom. The van der Waals surface area contributed by atoms with E-state index in [1.165, 1.54) is 51.4 Å². The summed E-state index contributed by atoms with van der Waals surface area (Å²) in [5.41, 5.74) is 3.39. The standard InChI is InChI=1S/C22H42O2Si2/c1-25(2,3)23-17-15-19-11-7-9-13-21(19)22-14-10-8-12-20(22)16-18-24-26(4,5)6/h15-16,21-22H,7-14,17-18H2,1-6H3/b19-15+,20-16+. The molecule has 0 saturated heterocycles. The summed E-state index contributed by atoms with van der Waals surface area (Å²) >= 11 is 0. The molecule has 0 aromatic rings. The van der Waals surface area contributed by atoms with Crippen LogP contribution in [0.15, 0.2) is 23.3 Å². The van der Waals surface area contributed by atoms with E-state index < -0.39 is 16.6 Å². The Morgan fingerprint density at radius 3 is 1.42 bits per heavy atom. The third-order valence-corrected chi connectivity index (χ3v) is 7.69. The highest BCUT2D eigenvalue weighted by Crippen LogP contribution is 2.43. The summed E-state index contributed by atoms with van der Waals surface area (Å²) in [7, 11) is -2.84. The average Bonchev–Trinajstić information content (AvgIpc) is 2.54. The van der Waals surface area contributed by atoms with Crippen molar-refractivity contribution < 1.29 is 8.85 Å². The molecule has 2 nitrogen and oxygen atoms in total. The van der Waals surface area contributed by atoms with E-state index in [4.69, 9.17) is 8.85 Å². The van der Waals surface area contributed by atoms with Gasteiger partial charge in [0.25, 0.3) is 0 Å². The van der Waals surface area contributed by atoms with Crippen molar-refractivity contribution in [1.82, 2.24) is 0 Å². The van der Waals surface area contributed by atoms with Crippen LogP contribution in [0.4, 0.5) is 0 Å². The van der Waals surface area contributed by atoms with Gasteiger partial charge in [-0.15, -0.1) is 0 Å². The number of hydrogen-bond acceptors (Lipinski definition) is 2. The van der Waals surface area contributed by atoms with Gasteiger partial charge in [0.15, 0.2) is 16.6 Å². The van der Waals surface area contributed by atoms with Gasteiger partial charge in [0.2, 0.25) is 0 Å². The third kappa shape index (κ3) is 7.83. The Labute approximate surface area is 164 Å². The Bertz CT molecular complexity index is 451. The molecule has 26 heavy (non-hydrogen) atoms. The van der Waals surface area contributed by atoms with Gasteiger partial charge in [-0.2, -0.15) is 0 Å². The minimum Gasteiger partial charge on any atom is -0.414 e. The monoisotopic (exact) mass is 394 g/mol. The molecule has 0 N–H and O–H groups in total. The molecule has 0 radical (unpaired) electrons. The van der Waals surface area contributed by atoms with Gasteiger partial charge in [0.05, 0.1) is 13.2 Å². The van der Waals surface area contributed by atoms with Crippen LogP contribution in [0.1, 0.15) is 51.4 Å². The van der Waals surface area contributed by atoms with Crippen molar-refractivity contribution in [3.05, 3.63) is 23.3 Å². The molecular formula is C22H42O2Si2. The van der Waals surface area contributed by atoms with Crippen molar-refractivity contribution in [1.29, 1.82) is 0 Å². The predicted molar refractivity (Wildman–Crippen MR) is 119 cm³/mol. The molecule has 0 bridgehead atoms. The molecule has 0 aliphatic heterocycles. The molecule has 4 heteroatoms. The summed E-state index contributed by atoms with van der Waals surface area (Å²) in [6, 6.07) is 0. The maximum absolute atomic E-state index is 6.13. The summed E-state index contributed by atoms with van der Waals surface area (Å²) < 4.78 is 12.3. The van der Waals surface area contributed by atoms with Crippen LogP contribution >= 0.6 is 0 Å². The molecular weight excluding hydrogens is 352 g/mol. The molecule has 2 saturated carbocycles. The van der Waals surface area contributed by atoms with Crippen LogP contribution in [0.5, 0.6) is 0 Å². The number of rotatable bonds is 7. The Morgan fingerprint density at radius 1 is 0.692 bits per heavy atom. The lowest BCUT2D eigenvalue weighted by Crippen LogP contribution is -2.28. The van der Waals surface area contributed by atoms with Gasteiger partial charge in [0, 0.05) is 0 Å². The lowest BCUT2D eigenvalue weighted by Gasteiger charge is -2.37. The summed E-state index contributed by atoms with van der Waals surface area (Å²) in [5.74, 6) is 1.51. The van der Waals surface area contributed by atoms with Crippen LogP contribution in [0.25, 0.3) is 0 Å². The van der Waals surface area contributed by atoms with E-state index >= 15 is 0 Å². The van der Waals surface area contributed by atoms with E-state index in [9.17, 15) is 0 Å².